The molecular formula is C29H20O9. The minimum Gasteiger partial charge on any atom is -0.507 e. The first kappa shape index (κ1) is 23.2. The molecule has 0 saturated heterocycles. The molecule has 0 amide bonds. The molecule has 0 bridgehead atoms. The third kappa shape index (κ3) is 3.40. The van der Waals surface area contributed by atoms with E-state index < -0.39 is 40.3 Å². The molecular weight excluding hydrogens is 492 g/mol. The molecule has 9 heteroatoms. The molecule has 1 unspecified atom stereocenters. The summed E-state index contributed by atoms with van der Waals surface area (Å²) in [5.74, 6) is -3.02. The minimum absolute atomic E-state index is 0.0180. The topological polar surface area (TPSA) is 147 Å². The SMILES string of the molecule is COc1ccc(C2CC(=O)Oc3cc(O)c4c(=O)c(O)c(-c5ccc(O)c(O)c5)oc4c32)c2ccccc12. The normalized spacial score (nSPS) is 14.9. The highest BCUT2D eigenvalue weighted by Crippen LogP contribution is 2.49. The lowest BCUT2D eigenvalue weighted by atomic mass is 9.82. The Morgan fingerprint density at radius 1 is 0.868 bits per heavy atom. The Labute approximate surface area is 214 Å². The molecule has 1 atom stereocenters. The molecule has 6 rings (SSSR count). The molecule has 4 N–H and O–H groups in total. The van der Waals surface area contributed by atoms with Gasteiger partial charge in [-0.25, -0.2) is 0 Å². The summed E-state index contributed by atoms with van der Waals surface area (Å²) in [7, 11) is 1.56. The first-order valence-electron chi connectivity index (χ1n) is 11.6. The molecule has 0 aliphatic carbocycles. The van der Waals surface area contributed by atoms with Gasteiger partial charge in [0.25, 0.3) is 0 Å². The summed E-state index contributed by atoms with van der Waals surface area (Å²) in [5.41, 5.74) is 0.195. The van der Waals surface area contributed by atoms with E-state index in [-0.39, 0.29) is 34.5 Å². The van der Waals surface area contributed by atoms with E-state index in [9.17, 15) is 30.0 Å². The molecule has 2 heterocycles. The number of carbonyl (C=O) groups excluding carboxylic acids is 1. The van der Waals surface area contributed by atoms with Gasteiger partial charge in [-0.3, -0.25) is 9.59 Å². The summed E-state index contributed by atoms with van der Waals surface area (Å²) >= 11 is 0. The van der Waals surface area contributed by atoms with Crippen molar-refractivity contribution in [3.8, 4) is 45.8 Å². The number of esters is 1. The highest BCUT2D eigenvalue weighted by Gasteiger charge is 2.35. The fraction of sp³-hybridized carbons (Fsp3) is 0.103. The van der Waals surface area contributed by atoms with Crippen LogP contribution in [0, 0.1) is 0 Å². The van der Waals surface area contributed by atoms with Crippen LogP contribution in [-0.2, 0) is 4.79 Å². The van der Waals surface area contributed by atoms with Gasteiger partial charge < -0.3 is 34.3 Å². The van der Waals surface area contributed by atoms with E-state index in [1.165, 1.54) is 12.1 Å². The van der Waals surface area contributed by atoms with Crippen molar-refractivity contribution in [3.05, 3.63) is 82.0 Å². The standard InChI is InChI=1S/C29H20O9/c1-36-21-9-7-15(14-4-2-3-5-16(14)21)17-11-23(33)37-22-12-20(32)25-26(34)27(35)28(38-29(25)24(17)22)13-6-8-18(30)19(31)10-13/h2-10,12,17,30-32,35H,11H2,1H3. The van der Waals surface area contributed by atoms with Gasteiger partial charge in [0.15, 0.2) is 17.3 Å². The van der Waals surface area contributed by atoms with Gasteiger partial charge in [-0.05, 0) is 35.2 Å². The number of phenols is 3. The largest absolute Gasteiger partial charge is 0.507 e. The van der Waals surface area contributed by atoms with E-state index in [0.717, 1.165) is 28.5 Å². The van der Waals surface area contributed by atoms with Gasteiger partial charge in [0.1, 0.15) is 28.2 Å². The first-order valence-corrected chi connectivity index (χ1v) is 11.6. The van der Waals surface area contributed by atoms with Crippen LogP contribution in [0.3, 0.4) is 0 Å². The smallest absolute Gasteiger partial charge is 0.312 e. The maximum absolute atomic E-state index is 13.3. The summed E-state index contributed by atoms with van der Waals surface area (Å²) in [5, 5.41) is 42.4. The number of aromatic hydroxyl groups is 4. The van der Waals surface area contributed by atoms with E-state index in [1.807, 2.05) is 30.3 Å². The van der Waals surface area contributed by atoms with Gasteiger partial charge in [0.05, 0.1) is 13.5 Å². The third-order valence-corrected chi connectivity index (χ3v) is 6.82. The fourth-order valence-corrected chi connectivity index (χ4v) is 5.08. The highest BCUT2D eigenvalue weighted by molar-refractivity contribution is 5.97. The number of ether oxygens (including phenoxy) is 2. The van der Waals surface area contributed by atoms with Gasteiger partial charge >= 0.3 is 5.97 Å². The van der Waals surface area contributed by atoms with Crippen molar-refractivity contribution in [1.82, 2.24) is 0 Å². The van der Waals surface area contributed by atoms with E-state index in [1.54, 1.807) is 13.2 Å². The molecule has 0 radical (unpaired) electrons. The van der Waals surface area contributed by atoms with Crippen LogP contribution in [0.25, 0.3) is 33.1 Å². The van der Waals surface area contributed by atoms with Crippen molar-refractivity contribution in [3.63, 3.8) is 0 Å². The van der Waals surface area contributed by atoms with E-state index in [0.29, 0.717) is 11.3 Å². The average molecular weight is 512 g/mol. The van der Waals surface area contributed by atoms with Crippen molar-refractivity contribution in [2.75, 3.05) is 7.11 Å². The molecule has 190 valence electrons. The summed E-state index contributed by atoms with van der Waals surface area (Å²) in [6, 6.07) is 15.9. The van der Waals surface area contributed by atoms with Crippen LogP contribution >= 0.6 is 0 Å². The number of hydrogen-bond acceptors (Lipinski definition) is 9. The summed E-state index contributed by atoms with van der Waals surface area (Å²) in [4.78, 5) is 26.0. The van der Waals surface area contributed by atoms with E-state index >= 15 is 0 Å². The predicted molar refractivity (Wildman–Crippen MR) is 137 cm³/mol. The molecule has 0 fully saturated rings. The minimum atomic E-state index is -0.913. The molecule has 38 heavy (non-hydrogen) atoms. The quantitative estimate of drug-likeness (QED) is 0.151. The van der Waals surface area contributed by atoms with Crippen LogP contribution in [0.15, 0.2) is 69.9 Å². The number of hydrogen-bond donors (Lipinski definition) is 4. The van der Waals surface area contributed by atoms with Crippen molar-refractivity contribution < 1.29 is 39.1 Å². The average Bonchev–Trinajstić information content (AvgIpc) is 2.90. The Balaban J connectivity index is 1.70. The lowest BCUT2D eigenvalue weighted by molar-refractivity contribution is -0.135. The van der Waals surface area contributed by atoms with Gasteiger partial charge in [-0.15, -0.1) is 0 Å². The van der Waals surface area contributed by atoms with E-state index in [4.69, 9.17) is 13.9 Å². The summed E-state index contributed by atoms with van der Waals surface area (Å²) in [6.45, 7) is 0. The molecule has 1 aliphatic heterocycles. The molecule has 1 aliphatic rings. The Morgan fingerprint density at radius 2 is 1.63 bits per heavy atom. The van der Waals surface area contributed by atoms with Crippen LogP contribution in [0.1, 0.15) is 23.5 Å². The van der Waals surface area contributed by atoms with Crippen LogP contribution in [0.2, 0.25) is 0 Å². The fourth-order valence-electron chi connectivity index (χ4n) is 5.08. The number of carbonyl (C=O) groups is 1. The molecule has 0 saturated carbocycles. The Hall–Kier alpha value is -5.18. The highest BCUT2D eigenvalue weighted by atomic mass is 16.5. The molecule has 5 aromatic rings. The van der Waals surface area contributed by atoms with Crippen molar-refractivity contribution in [2.24, 2.45) is 0 Å². The Morgan fingerprint density at radius 3 is 2.37 bits per heavy atom. The molecule has 9 nitrogen and oxygen atoms in total. The van der Waals surface area contributed by atoms with Crippen molar-refractivity contribution in [1.29, 1.82) is 0 Å². The van der Waals surface area contributed by atoms with Gasteiger partial charge in [0, 0.05) is 28.5 Å². The van der Waals surface area contributed by atoms with Crippen LogP contribution in [-0.4, -0.2) is 33.5 Å². The zero-order chi connectivity index (χ0) is 26.7. The third-order valence-electron chi connectivity index (χ3n) is 6.82. The lowest BCUT2D eigenvalue weighted by Crippen LogP contribution is -2.22. The van der Waals surface area contributed by atoms with Crippen LogP contribution in [0.4, 0.5) is 0 Å². The monoisotopic (exact) mass is 512 g/mol. The van der Waals surface area contributed by atoms with Gasteiger partial charge in [0.2, 0.25) is 11.2 Å². The maximum atomic E-state index is 13.3. The van der Waals surface area contributed by atoms with Crippen molar-refractivity contribution in [2.45, 2.75) is 12.3 Å². The van der Waals surface area contributed by atoms with Crippen LogP contribution in [0.5, 0.6) is 34.5 Å². The number of methoxy groups -OCH3 is 1. The molecule has 1 aromatic heterocycles. The summed E-state index contributed by atoms with van der Waals surface area (Å²) < 4.78 is 17.0. The van der Waals surface area contributed by atoms with Gasteiger partial charge in [-0.1, -0.05) is 30.3 Å². The van der Waals surface area contributed by atoms with Crippen LogP contribution < -0.4 is 14.9 Å². The number of benzene rings is 4. The predicted octanol–water partition coefficient (Wildman–Crippen LogP) is 4.89. The molecule has 0 spiro atoms. The number of fused-ring (bicyclic) bond motifs is 4. The van der Waals surface area contributed by atoms with E-state index in [2.05, 4.69) is 0 Å². The summed E-state index contributed by atoms with van der Waals surface area (Å²) in [6.07, 6.45) is -0.0802. The second-order valence-electron chi connectivity index (χ2n) is 8.96. The second kappa shape index (κ2) is 8.45. The maximum Gasteiger partial charge on any atom is 0.312 e. The zero-order valence-corrected chi connectivity index (χ0v) is 19.9. The number of rotatable bonds is 3. The Bertz CT molecular complexity index is 1850. The number of phenolic OH excluding ortho intramolecular Hbond substituents is 3. The first-order chi connectivity index (χ1) is 18.3. The molecule has 4 aromatic carbocycles. The Kier molecular flexibility index (Phi) is 5.16. The van der Waals surface area contributed by atoms with Crippen molar-refractivity contribution >= 4 is 27.7 Å². The lowest BCUT2D eigenvalue weighted by Gasteiger charge is -2.27. The second-order valence-corrected chi connectivity index (χ2v) is 8.96. The van der Waals surface area contributed by atoms with Gasteiger partial charge in [-0.2, -0.15) is 0 Å². The zero-order valence-electron chi connectivity index (χ0n) is 19.9.